The minimum atomic E-state index is -1.73. The maximum atomic E-state index is 11.2. The zero-order valence-electron chi connectivity index (χ0n) is 12.9. The topological polar surface area (TPSA) is 116 Å². The Morgan fingerprint density at radius 3 is 2.11 bits per heavy atom. The number of esters is 3. The molecule has 0 aromatic carbocycles. The standard InChI is InChI=1S/C11H16O8/c1-6(14)17-9(4-12)11(19-8(3)16)10(5-13)18-7(2)15/h4,9-11,13H,5H2,1-3H3/t9-,10+,11+/m0/s1/i1D,2D,3D. The molecule has 3 atom stereocenters. The molecule has 0 unspecified atom stereocenters. The van der Waals surface area contributed by atoms with Gasteiger partial charge in [-0.25, -0.2) is 0 Å². The van der Waals surface area contributed by atoms with Gasteiger partial charge in [-0.05, 0) is 0 Å². The number of aliphatic hydroxyl groups excluding tert-OH is 1. The van der Waals surface area contributed by atoms with Crippen molar-refractivity contribution in [1.29, 1.82) is 0 Å². The fraction of sp³-hybridized carbons (Fsp3) is 0.636. The minimum absolute atomic E-state index is 0.0760. The first-order chi connectivity index (χ1) is 10.4. The number of ether oxygens (including phenoxy) is 3. The van der Waals surface area contributed by atoms with Crippen molar-refractivity contribution in [3.63, 3.8) is 0 Å². The molecule has 0 saturated carbocycles. The first-order valence-electron chi connectivity index (χ1n) is 7.07. The third-order valence-corrected chi connectivity index (χ3v) is 1.82. The molecular weight excluding hydrogens is 260 g/mol. The van der Waals surface area contributed by atoms with E-state index in [1.54, 1.807) is 0 Å². The van der Waals surface area contributed by atoms with Crippen LogP contribution in [0.2, 0.25) is 0 Å². The number of aliphatic hydroxyl groups is 1. The van der Waals surface area contributed by atoms with Crippen LogP contribution in [0.5, 0.6) is 0 Å². The second-order valence-corrected chi connectivity index (χ2v) is 3.26. The lowest BCUT2D eigenvalue weighted by molar-refractivity contribution is -0.185. The van der Waals surface area contributed by atoms with E-state index in [0.29, 0.717) is 0 Å². The van der Waals surface area contributed by atoms with Gasteiger partial charge in [0, 0.05) is 24.8 Å². The zero-order chi connectivity index (χ0) is 17.1. The Labute approximate surface area is 113 Å². The summed E-state index contributed by atoms with van der Waals surface area (Å²) in [5.41, 5.74) is 0. The predicted molar refractivity (Wildman–Crippen MR) is 59.8 cm³/mol. The van der Waals surface area contributed by atoms with E-state index in [1.807, 2.05) is 0 Å². The molecule has 1 N–H and O–H groups in total. The Balaban J connectivity index is 5.27. The smallest absolute Gasteiger partial charge is 0.303 e. The van der Waals surface area contributed by atoms with Crippen molar-refractivity contribution in [3.8, 4) is 0 Å². The number of aldehydes is 1. The molecular formula is C11H16O8. The van der Waals surface area contributed by atoms with Crippen molar-refractivity contribution in [2.45, 2.75) is 39.0 Å². The molecule has 0 aliphatic rings. The first-order valence-corrected chi connectivity index (χ1v) is 4.95. The van der Waals surface area contributed by atoms with E-state index in [1.165, 1.54) is 0 Å². The summed E-state index contributed by atoms with van der Waals surface area (Å²) < 4.78 is 34.4. The van der Waals surface area contributed by atoms with Crippen LogP contribution in [0.4, 0.5) is 0 Å². The van der Waals surface area contributed by atoms with Crippen LogP contribution < -0.4 is 0 Å². The van der Waals surface area contributed by atoms with Crippen LogP contribution in [0.15, 0.2) is 0 Å². The molecule has 0 aliphatic carbocycles. The maximum Gasteiger partial charge on any atom is 0.303 e. The molecule has 0 radical (unpaired) electrons. The highest BCUT2D eigenvalue weighted by atomic mass is 16.6. The summed E-state index contributed by atoms with van der Waals surface area (Å²) in [5, 5.41) is 9.19. The van der Waals surface area contributed by atoms with Crippen LogP contribution in [-0.2, 0) is 33.4 Å². The molecule has 0 fully saturated rings. The lowest BCUT2D eigenvalue weighted by atomic mass is 10.1. The summed E-state index contributed by atoms with van der Waals surface area (Å²) in [7, 11) is 0. The van der Waals surface area contributed by atoms with Gasteiger partial charge >= 0.3 is 17.9 Å². The third kappa shape index (κ3) is 6.51. The van der Waals surface area contributed by atoms with Gasteiger partial charge in [0.25, 0.3) is 0 Å². The van der Waals surface area contributed by atoms with Crippen molar-refractivity contribution in [3.05, 3.63) is 0 Å². The predicted octanol–water partition coefficient (Wildman–Crippen LogP) is -1.03. The molecule has 8 heteroatoms. The minimum Gasteiger partial charge on any atom is -0.456 e. The van der Waals surface area contributed by atoms with Crippen molar-refractivity contribution in [2.24, 2.45) is 0 Å². The molecule has 8 nitrogen and oxygen atoms in total. The van der Waals surface area contributed by atoms with Gasteiger partial charge in [-0.3, -0.25) is 19.2 Å². The molecule has 0 aliphatic heterocycles. The summed E-state index contributed by atoms with van der Waals surface area (Å²) in [6, 6.07) is 0. The van der Waals surface area contributed by atoms with Crippen LogP contribution in [-0.4, -0.2) is 54.2 Å². The van der Waals surface area contributed by atoms with Crippen molar-refractivity contribution in [2.75, 3.05) is 6.61 Å². The Bertz CT molecular complexity index is 403. The van der Waals surface area contributed by atoms with E-state index in [0.717, 1.165) is 0 Å². The van der Waals surface area contributed by atoms with Crippen molar-refractivity contribution >= 4 is 24.2 Å². The highest BCUT2D eigenvalue weighted by molar-refractivity contribution is 5.72. The largest absolute Gasteiger partial charge is 0.456 e. The zero-order valence-corrected chi connectivity index (χ0v) is 9.94. The normalized spacial score (nSPS) is 16.8. The van der Waals surface area contributed by atoms with Gasteiger partial charge in [0.05, 0.1) is 6.61 Å². The molecule has 0 heterocycles. The quantitative estimate of drug-likeness (QED) is 0.357. The van der Waals surface area contributed by atoms with Gasteiger partial charge in [-0.1, -0.05) is 0 Å². The van der Waals surface area contributed by atoms with Crippen molar-refractivity contribution in [1.82, 2.24) is 0 Å². The van der Waals surface area contributed by atoms with E-state index >= 15 is 0 Å². The fourth-order valence-corrected chi connectivity index (χ4v) is 1.21. The first kappa shape index (κ1) is 12.1. The van der Waals surface area contributed by atoms with Gasteiger partial charge < -0.3 is 19.3 Å². The van der Waals surface area contributed by atoms with Gasteiger partial charge in [-0.2, -0.15) is 0 Å². The average molecular weight is 279 g/mol. The molecule has 0 aromatic rings. The highest BCUT2D eigenvalue weighted by Gasteiger charge is 2.36. The van der Waals surface area contributed by atoms with Gasteiger partial charge in [0.15, 0.2) is 24.6 Å². The monoisotopic (exact) mass is 279 g/mol. The Morgan fingerprint density at radius 2 is 1.63 bits per heavy atom. The second kappa shape index (κ2) is 8.20. The number of carbonyl (C=O) groups excluding carboxylic acids is 4. The van der Waals surface area contributed by atoms with E-state index in [2.05, 4.69) is 9.47 Å². The van der Waals surface area contributed by atoms with Crippen LogP contribution in [0, 0.1) is 0 Å². The third-order valence-electron chi connectivity index (χ3n) is 1.82. The highest BCUT2D eigenvalue weighted by Crippen LogP contribution is 2.12. The van der Waals surface area contributed by atoms with Crippen LogP contribution >= 0.6 is 0 Å². The molecule has 0 saturated heterocycles. The van der Waals surface area contributed by atoms with Crippen LogP contribution in [0.3, 0.4) is 0 Å². The number of hydrogen-bond acceptors (Lipinski definition) is 8. The average Bonchev–Trinajstić information content (AvgIpc) is 2.54. The molecule has 19 heavy (non-hydrogen) atoms. The SMILES string of the molecule is [2H]CC(=O)O[C@H]([C@H](C=O)OC(=O)C[2H])[C@@H](CO)OC(=O)C[2H]. The molecule has 0 aromatic heterocycles. The van der Waals surface area contributed by atoms with E-state index in [4.69, 9.17) is 8.85 Å². The van der Waals surface area contributed by atoms with Gasteiger partial charge in [0.1, 0.15) is 0 Å². The molecule has 108 valence electrons. The van der Waals surface area contributed by atoms with Gasteiger partial charge in [0.2, 0.25) is 0 Å². The summed E-state index contributed by atoms with van der Waals surface area (Å²) in [6.45, 7) is -3.29. The Morgan fingerprint density at radius 1 is 1.11 bits per heavy atom. The number of carbonyl (C=O) groups is 4. The van der Waals surface area contributed by atoms with E-state index in [9.17, 15) is 24.3 Å². The summed E-state index contributed by atoms with van der Waals surface area (Å²) in [5.74, 6) is -3.28. The fourth-order valence-electron chi connectivity index (χ4n) is 1.21. The van der Waals surface area contributed by atoms with Crippen LogP contribution in [0.25, 0.3) is 0 Å². The van der Waals surface area contributed by atoms with Crippen LogP contribution in [0.1, 0.15) is 24.8 Å². The number of rotatable bonds is 7. The summed E-state index contributed by atoms with van der Waals surface area (Å²) in [6.07, 6.45) is -4.91. The van der Waals surface area contributed by atoms with Crippen molar-refractivity contribution < 1.29 is 42.6 Å². The summed E-state index contributed by atoms with van der Waals surface area (Å²) in [4.78, 5) is 44.4. The maximum absolute atomic E-state index is 11.2. The van der Waals surface area contributed by atoms with E-state index in [-0.39, 0.29) is 6.29 Å². The lowest BCUT2D eigenvalue weighted by Gasteiger charge is -2.28. The second-order valence-electron chi connectivity index (χ2n) is 3.26. The molecule has 0 rings (SSSR count). The van der Waals surface area contributed by atoms with E-state index < -0.39 is 63.5 Å². The Hall–Kier alpha value is -1.96. The molecule has 0 spiro atoms. The molecule has 0 bridgehead atoms. The van der Waals surface area contributed by atoms with Gasteiger partial charge in [-0.15, -0.1) is 0 Å². The number of hydrogen-bond donors (Lipinski definition) is 1. The summed E-state index contributed by atoms with van der Waals surface area (Å²) >= 11 is 0. The lowest BCUT2D eigenvalue weighted by Crippen LogP contribution is -2.47. The molecule has 0 amide bonds. The Kier molecular flexibility index (Phi) is 5.22.